The largest absolute Gasteiger partial charge is 0.507 e. The molecule has 0 aliphatic carbocycles. The van der Waals surface area contributed by atoms with Crippen molar-refractivity contribution in [3.8, 4) is 16.9 Å². The van der Waals surface area contributed by atoms with E-state index in [1.54, 1.807) is 6.92 Å². The third-order valence-corrected chi connectivity index (χ3v) is 5.55. The van der Waals surface area contributed by atoms with Gasteiger partial charge in [0.25, 0.3) is 0 Å². The Hall–Kier alpha value is -3.97. The molecule has 7 heteroatoms. The Morgan fingerprint density at radius 1 is 1.06 bits per heavy atom. The van der Waals surface area contributed by atoms with Crippen molar-refractivity contribution in [3.63, 3.8) is 0 Å². The Balaban J connectivity index is 1.70. The number of phenols is 1. The maximum Gasteiger partial charge on any atom is 0.321 e. The van der Waals surface area contributed by atoms with Crippen LogP contribution in [0.15, 0.2) is 75.9 Å². The Kier molecular flexibility index (Phi) is 6.24. The van der Waals surface area contributed by atoms with E-state index in [-0.39, 0.29) is 40.7 Å². The summed E-state index contributed by atoms with van der Waals surface area (Å²) in [6, 6.07) is 16.7. The number of carboxylic acid groups (broad SMARTS) is 1. The van der Waals surface area contributed by atoms with Crippen LogP contribution >= 0.6 is 0 Å². The van der Waals surface area contributed by atoms with Crippen LogP contribution in [-0.2, 0) is 17.8 Å². The number of aryl methyl sites for hydroxylation is 1. The lowest BCUT2D eigenvalue weighted by molar-refractivity contribution is -0.139. The minimum atomic E-state index is -1.03. The average Bonchev–Trinajstić information content (AvgIpc) is 2.79. The minimum absolute atomic E-state index is 0.0226. The van der Waals surface area contributed by atoms with Crippen molar-refractivity contribution in [1.29, 1.82) is 0 Å². The molecule has 1 unspecified atom stereocenters. The molecule has 4 rings (SSSR count). The van der Waals surface area contributed by atoms with Crippen LogP contribution in [-0.4, -0.2) is 22.2 Å². The van der Waals surface area contributed by atoms with E-state index in [9.17, 15) is 24.2 Å². The highest BCUT2D eigenvalue weighted by Crippen LogP contribution is 2.30. The number of carbonyl (C=O) groups is 1. The van der Waals surface area contributed by atoms with Crippen LogP contribution in [0.3, 0.4) is 0 Å². The molecule has 3 N–H and O–H groups in total. The van der Waals surface area contributed by atoms with Crippen molar-refractivity contribution >= 4 is 16.9 Å². The summed E-state index contributed by atoms with van der Waals surface area (Å²) in [5.74, 6) is -1.25. The fraction of sp³-hybridized carbons (Fsp3) is 0.154. The summed E-state index contributed by atoms with van der Waals surface area (Å²) in [5, 5.41) is 23.3. The van der Waals surface area contributed by atoms with E-state index in [1.165, 1.54) is 36.4 Å². The Labute approximate surface area is 188 Å². The second-order valence-corrected chi connectivity index (χ2v) is 7.77. The zero-order chi connectivity index (χ0) is 23.5. The molecule has 0 bridgehead atoms. The van der Waals surface area contributed by atoms with Gasteiger partial charge in [-0.05, 0) is 48.7 Å². The second-order valence-electron chi connectivity index (χ2n) is 7.77. The van der Waals surface area contributed by atoms with Crippen molar-refractivity contribution in [2.24, 2.45) is 0 Å². The summed E-state index contributed by atoms with van der Waals surface area (Å²) in [6.45, 7) is 1.60. The van der Waals surface area contributed by atoms with Gasteiger partial charge in [0.05, 0.1) is 16.5 Å². The molecule has 1 aromatic heterocycles. The number of halogens is 1. The summed E-state index contributed by atoms with van der Waals surface area (Å²) >= 11 is 0. The number of carboxylic acids is 1. The van der Waals surface area contributed by atoms with E-state index >= 15 is 0 Å². The number of aliphatic carboxylic acids is 1. The zero-order valence-corrected chi connectivity index (χ0v) is 17.8. The number of hydrogen-bond donors (Lipinski definition) is 3. The molecular weight excluding hydrogens is 425 g/mol. The van der Waals surface area contributed by atoms with Crippen LogP contribution in [0, 0.1) is 12.7 Å². The van der Waals surface area contributed by atoms with Crippen LogP contribution in [0.1, 0.15) is 16.9 Å². The van der Waals surface area contributed by atoms with Gasteiger partial charge in [-0.1, -0.05) is 42.5 Å². The summed E-state index contributed by atoms with van der Waals surface area (Å²) < 4.78 is 19.3. The van der Waals surface area contributed by atoms with Crippen molar-refractivity contribution in [1.82, 2.24) is 5.32 Å². The van der Waals surface area contributed by atoms with E-state index in [0.29, 0.717) is 16.9 Å². The van der Waals surface area contributed by atoms with Gasteiger partial charge in [-0.3, -0.25) is 14.9 Å². The molecule has 0 radical (unpaired) electrons. The first-order chi connectivity index (χ1) is 15.8. The standard InChI is InChI=1S/C26H22FNO5/c1-15-23(17-7-9-18(27)10-8-17)24(30)19-11-12-22(29)20(25(19)33-15)14-28-21(26(31)32)13-16-5-3-2-4-6-16/h2-12,21,28-29H,13-14H2,1H3,(H,31,32). The minimum Gasteiger partial charge on any atom is -0.507 e. The zero-order valence-electron chi connectivity index (χ0n) is 17.8. The van der Waals surface area contributed by atoms with Crippen LogP contribution in [0.25, 0.3) is 22.1 Å². The molecule has 3 aromatic carbocycles. The van der Waals surface area contributed by atoms with E-state index in [4.69, 9.17) is 4.42 Å². The third kappa shape index (κ3) is 4.63. The molecule has 0 aliphatic rings. The van der Waals surface area contributed by atoms with Gasteiger partial charge in [-0.2, -0.15) is 0 Å². The first-order valence-corrected chi connectivity index (χ1v) is 10.4. The summed E-state index contributed by atoms with van der Waals surface area (Å²) in [6.07, 6.45) is 0.249. The number of rotatable bonds is 7. The maximum atomic E-state index is 13.3. The fourth-order valence-electron chi connectivity index (χ4n) is 3.86. The van der Waals surface area contributed by atoms with Gasteiger partial charge in [0.1, 0.15) is 29.0 Å². The first kappa shape index (κ1) is 22.2. The molecule has 168 valence electrons. The number of aromatic hydroxyl groups is 1. The van der Waals surface area contributed by atoms with Gasteiger partial charge in [0, 0.05) is 6.54 Å². The fourth-order valence-corrected chi connectivity index (χ4v) is 3.86. The van der Waals surface area contributed by atoms with Gasteiger partial charge in [-0.15, -0.1) is 0 Å². The summed E-state index contributed by atoms with van der Waals surface area (Å²) in [7, 11) is 0. The van der Waals surface area contributed by atoms with Gasteiger partial charge >= 0.3 is 5.97 Å². The van der Waals surface area contributed by atoms with Crippen molar-refractivity contribution < 1.29 is 23.8 Å². The lowest BCUT2D eigenvalue weighted by atomic mass is 10.0. The number of phenolic OH excluding ortho intramolecular Hbond substituents is 1. The predicted octanol–water partition coefficient (Wildman–Crippen LogP) is 4.40. The van der Waals surface area contributed by atoms with Gasteiger partial charge < -0.3 is 14.6 Å². The molecule has 4 aromatic rings. The number of hydrogen-bond acceptors (Lipinski definition) is 5. The summed E-state index contributed by atoms with van der Waals surface area (Å²) in [5.41, 5.74) is 1.83. The van der Waals surface area contributed by atoms with Gasteiger partial charge in [-0.25, -0.2) is 4.39 Å². The third-order valence-electron chi connectivity index (χ3n) is 5.55. The molecule has 1 atom stereocenters. The van der Waals surface area contributed by atoms with Crippen LogP contribution < -0.4 is 10.7 Å². The highest BCUT2D eigenvalue weighted by Gasteiger charge is 2.21. The number of benzene rings is 3. The predicted molar refractivity (Wildman–Crippen MR) is 123 cm³/mol. The molecule has 33 heavy (non-hydrogen) atoms. The average molecular weight is 447 g/mol. The van der Waals surface area contributed by atoms with Gasteiger partial charge in [0.15, 0.2) is 0 Å². The Morgan fingerprint density at radius 2 is 1.76 bits per heavy atom. The van der Waals surface area contributed by atoms with Crippen molar-refractivity contribution in [2.75, 3.05) is 0 Å². The smallest absolute Gasteiger partial charge is 0.321 e. The highest BCUT2D eigenvalue weighted by atomic mass is 19.1. The van der Waals surface area contributed by atoms with E-state index < -0.39 is 17.8 Å². The lowest BCUT2D eigenvalue weighted by Gasteiger charge is -2.16. The van der Waals surface area contributed by atoms with E-state index in [1.807, 2.05) is 30.3 Å². The van der Waals surface area contributed by atoms with Crippen molar-refractivity contribution in [2.45, 2.75) is 25.9 Å². The monoisotopic (exact) mass is 447 g/mol. The number of fused-ring (bicyclic) bond motifs is 1. The molecule has 1 heterocycles. The maximum absolute atomic E-state index is 13.3. The van der Waals surface area contributed by atoms with E-state index in [0.717, 1.165) is 5.56 Å². The quantitative estimate of drug-likeness (QED) is 0.388. The molecule has 0 fully saturated rings. The SMILES string of the molecule is Cc1oc2c(CNC(Cc3ccccc3)C(=O)O)c(O)ccc2c(=O)c1-c1ccc(F)cc1. The van der Waals surface area contributed by atoms with E-state index in [2.05, 4.69) is 5.32 Å². The van der Waals surface area contributed by atoms with Crippen LogP contribution in [0.4, 0.5) is 4.39 Å². The van der Waals surface area contributed by atoms with Gasteiger partial charge in [0.2, 0.25) is 5.43 Å². The molecular formula is C26H22FNO5. The molecule has 0 spiro atoms. The number of nitrogens with one attached hydrogen (secondary N) is 1. The van der Waals surface area contributed by atoms with Crippen LogP contribution in [0.2, 0.25) is 0 Å². The normalized spacial score (nSPS) is 12.1. The topological polar surface area (TPSA) is 99.8 Å². The molecule has 0 saturated heterocycles. The molecule has 0 amide bonds. The Bertz CT molecular complexity index is 1360. The second kappa shape index (κ2) is 9.26. The molecule has 6 nitrogen and oxygen atoms in total. The molecule has 0 saturated carbocycles. The van der Waals surface area contributed by atoms with Crippen LogP contribution in [0.5, 0.6) is 5.75 Å². The first-order valence-electron chi connectivity index (χ1n) is 10.4. The van der Waals surface area contributed by atoms with Crippen molar-refractivity contribution in [3.05, 3.63) is 99.7 Å². The molecule has 0 aliphatic heterocycles. The highest BCUT2D eigenvalue weighted by molar-refractivity contribution is 5.86. The lowest BCUT2D eigenvalue weighted by Crippen LogP contribution is -2.38. The summed E-state index contributed by atoms with van der Waals surface area (Å²) in [4.78, 5) is 25.0. The Morgan fingerprint density at radius 3 is 2.42 bits per heavy atom.